The molecule has 2 aliphatic heterocycles. The molecule has 17 heavy (non-hydrogen) atoms. The lowest BCUT2D eigenvalue weighted by atomic mass is 10.0. The summed E-state index contributed by atoms with van der Waals surface area (Å²) in [6.07, 6.45) is 1.66. The van der Waals surface area contributed by atoms with Crippen molar-refractivity contribution in [1.29, 1.82) is 0 Å². The summed E-state index contributed by atoms with van der Waals surface area (Å²) in [5, 5.41) is 11.3. The van der Waals surface area contributed by atoms with Crippen LogP contribution in [0.5, 0.6) is 0 Å². The predicted molar refractivity (Wildman–Crippen MR) is 59.0 cm³/mol. The Hall–Kier alpha value is -1.14. The first-order valence-electron chi connectivity index (χ1n) is 6.03. The molecule has 6 heteroatoms. The lowest BCUT2D eigenvalue weighted by Crippen LogP contribution is -2.57. The minimum Gasteiger partial charge on any atom is -0.394 e. The highest BCUT2D eigenvalue weighted by molar-refractivity contribution is 5.98. The molecule has 0 aromatic rings. The van der Waals surface area contributed by atoms with Gasteiger partial charge in [0.1, 0.15) is 6.23 Å². The molecule has 0 saturated carbocycles. The van der Waals surface area contributed by atoms with Crippen molar-refractivity contribution in [3.05, 3.63) is 0 Å². The zero-order valence-electron chi connectivity index (χ0n) is 9.89. The van der Waals surface area contributed by atoms with Gasteiger partial charge in [-0.25, -0.2) is 4.79 Å². The maximum Gasteiger partial charge on any atom is 0.326 e. The minimum atomic E-state index is -0.386. The number of imide groups is 1. The molecule has 0 bridgehead atoms. The van der Waals surface area contributed by atoms with Crippen LogP contribution in [0, 0.1) is 5.92 Å². The van der Waals surface area contributed by atoms with Crippen molar-refractivity contribution in [2.45, 2.75) is 38.5 Å². The summed E-state index contributed by atoms with van der Waals surface area (Å²) >= 11 is 0. The van der Waals surface area contributed by atoms with Crippen molar-refractivity contribution in [1.82, 2.24) is 10.2 Å². The van der Waals surface area contributed by atoms with E-state index in [1.807, 2.05) is 6.92 Å². The number of aliphatic hydroxyl groups is 1. The van der Waals surface area contributed by atoms with Crippen molar-refractivity contribution in [2.75, 3.05) is 13.2 Å². The largest absolute Gasteiger partial charge is 0.394 e. The highest BCUT2D eigenvalue weighted by atomic mass is 16.5. The maximum atomic E-state index is 11.7. The standard InChI is InChI=1S/C11H18N2O4/c1-2-7-5-13(11(16)12-10(7)15)9-4-3-8(6-14)17-9/h7-9,14H,2-6H2,1H3,(H,12,15,16)/t7?,8-,9+/m0/s1. The Morgan fingerprint density at radius 1 is 1.47 bits per heavy atom. The monoisotopic (exact) mass is 242 g/mol. The Labute approximate surface area is 99.9 Å². The number of hydrogen-bond acceptors (Lipinski definition) is 4. The zero-order valence-corrected chi connectivity index (χ0v) is 9.89. The van der Waals surface area contributed by atoms with Gasteiger partial charge >= 0.3 is 6.03 Å². The van der Waals surface area contributed by atoms with E-state index in [4.69, 9.17) is 9.84 Å². The first-order chi connectivity index (χ1) is 8.15. The van der Waals surface area contributed by atoms with Crippen LogP contribution in [0.25, 0.3) is 0 Å². The smallest absolute Gasteiger partial charge is 0.326 e. The van der Waals surface area contributed by atoms with E-state index in [2.05, 4.69) is 5.32 Å². The summed E-state index contributed by atoms with van der Waals surface area (Å²) in [7, 11) is 0. The van der Waals surface area contributed by atoms with Crippen molar-refractivity contribution in [2.24, 2.45) is 5.92 Å². The van der Waals surface area contributed by atoms with Gasteiger partial charge in [-0.3, -0.25) is 15.0 Å². The van der Waals surface area contributed by atoms with E-state index in [0.29, 0.717) is 19.4 Å². The number of amides is 3. The highest BCUT2D eigenvalue weighted by Crippen LogP contribution is 2.25. The minimum absolute atomic E-state index is 0.0257. The second-order valence-electron chi connectivity index (χ2n) is 4.52. The third kappa shape index (κ3) is 2.42. The van der Waals surface area contributed by atoms with Gasteiger partial charge in [0.2, 0.25) is 5.91 Å². The van der Waals surface area contributed by atoms with Gasteiger partial charge in [-0.15, -0.1) is 0 Å². The third-order valence-electron chi connectivity index (χ3n) is 3.41. The van der Waals surface area contributed by atoms with Gasteiger partial charge in [0.05, 0.1) is 18.6 Å². The molecule has 0 aliphatic carbocycles. The van der Waals surface area contributed by atoms with Crippen LogP contribution in [0.1, 0.15) is 26.2 Å². The molecule has 6 nitrogen and oxygen atoms in total. The van der Waals surface area contributed by atoms with Gasteiger partial charge in [-0.05, 0) is 19.3 Å². The number of nitrogens with zero attached hydrogens (tertiary/aromatic N) is 1. The molecule has 0 spiro atoms. The fraction of sp³-hybridized carbons (Fsp3) is 0.818. The number of aliphatic hydroxyl groups excluding tert-OH is 1. The van der Waals surface area contributed by atoms with E-state index in [-0.39, 0.29) is 36.8 Å². The summed E-state index contributed by atoms with van der Waals surface area (Å²) in [5.74, 6) is -0.366. The average Bonchev–Trinajstić information content (AvgIpc) is 2.78. The fourth-order valence-corrected chi connectivity index (χ4v) is 2.30. The fourth-order valence-electron chi connectivity index (χ4n) is 2.30. The molecule has 3 atom stereocenters. The van der Waals surface area contributed by atoms with E-state index in [9.17, 15) is 9.59 Å². The topological polar surface area (TPSA) is 78.9 Å². The van der Waals surface area contributed by atoms with E-state index >= 15 is 0 Å². The lowest BCUT2D eigenvalue weighted by Gasteiger charge is -2.35. The molecule has 2 rings (SSSR count). The molecule has 3 amide bonds. The molecular weight excluding hydrogens is 224 g/mol. The molecule has 0 aromatic carbocycles. The molecule has 2 N–H and O–H groups in total. The van der Waals surface area contributed by atoms with E-state index in [1.165, 1.54) is 0 Å². The number of urea groups is 1. The Bertz CT molecular complexity index is 321. The number of nitrogens with one attached hydrogen (secondary N) is 1. The normalized spacial score (nSPS) is 34.0. The molecule has 1 unspecified atom stereocenters. The number of rotatable bonds is 3. The molecule has 2 aliphatic rings. The second-order valence-corrected chi connectivity index (χ2v) is 4.52. The second kappa shape index (κ2) is 5.01. The summed E-state index contributed by atoms with van der Waals surface area (Å²) in [4.78, 5) is 24.7. The zero-order chi connectivity index (χ0) is 12.4. The van der Waals surface area contributed by atoms with Gasteiger partial charge in [-0.1, -0.05) is 6.92 Å². The van der Waals surface area contributed by atoms with Crippen LogP contribution in [-0.2, 0) is 9.53 Å². The Morgan fingerprint density at radius 2 is 2.24 bits per heavy atom. The van der Waals surface area contributed by atoms with E-state index in [0.717, 1.165) is 6.42 Å². The molecule has 2 saturated heterocycles. The summed E-state index contributed by atoms with van der Waals surface area (Å²) in [5.41, 5.74) is 0. The van der Waals surface area contributed by atoms with Crippen LogP contribution in [0.4, 0.5) is 4.79 Å². The van der Waals surface area contributed by atoms with Crippen molar-refractivity contribution < 1.29 is 19.4 Å². The van der Waals surface area contributed by atoms with Crippen LogP contribution < -0.4 is 5.32 Å². The van der Waals surface area contributed by atoms with Gasteiger partial charge in [0, 0.05) is 6.54 Å². The average molecular weight is 242 g/mol. The lowest BCUT2D eigenvalue weighted by molar-refractivity contribution is -0.129. The highest BCUT2D eigenvalue weighted by Gasteiger charge is 2.38. The van der Waals surface area contributed by atoms with Gasteiger partial charge < -0.3 is 9.84 Å². The number of hydrogen-bond donors (Lipinski definition) is 2. The molecule has 2 heterocycles. The van der Waals surface area contributed by atoms with Crippen LogP contribution in [0.3, 0.4) is 0 Å². The van der Waals surface area contributed by atoms with Crippen LogP contribution in [0.2, 0.25) is 0 Å². The third-order valence-corrected chi connectivity index (χ3v) is 3.41. The van der Waals surface area contributed by atoms with Crippen LogP contribution >= 0.6 is 0 Å². The molecule has 96 valence electrons. The maximum absolute atomic E-state index is 11.7. The van der Waals surface area contributed by atoms with E-state index < -0.39 is 0 Å². The molecule has 2 fully saturated rings. The molecular formula is C11H18N2O4. The molecule has 0 aromatic heterocycles. The van der Waals surface area contributed by atoms with Crippen LogP contribution in [-0.4, -0.2) is 47.4 Å². The number of carbonyl (C=O) groups excluding carboxylic acids is 2. The molecule has 0 radical (unpaired) electrons. The quantitative estimate of drug-likeness (QED) is 0.733. The summed E-state index contributed by atoms with van der Waals surface area (Å²) in [6, 6.07) is -0.386. The number of ether oxygens (including phenoxy) is 1. The van der Waals surface area contributed by atoms with Crippen molar-refractivity contribution in [3.63, 3.8) is 0 Å². The Balaban J connectivity index is 2.00. The number of carbonyl (C=O) groups is 2. The SMILES string of the molecule is CCC1CN([C@H]2CC[C@@H](CO)O2)C(=O)NC1=O. The summed E-state index contributed by atoms with van der Waals surface area (Å²) < 4.78 is 5.55. The summed E-state index contributed by atoms with van der Waals surface area (Å²) in [6.45, 7) is 2.30. The Morgan fingerprint density at radius 3 is 2.82 bits per heavy atom. The van der Waals surface area contributed by atoms with Crippen LogP contribution in [0.15, 0.2) is 0 Å². The predicted octanol–water partition coefficient (Wildman–Crippen LogP) is 0.0618. The van der Waals surface area contributed by atoms with Crippen molar-refractivity contribution >= 4 is 11.9 Å². The van der Waals surface area contributed by atoms with Gasteiger partial charge in [0.25, 0.3) is 0 Å². The first kappa shape index (κ1) is 12.3. The van der Waals surface area contributed by atoms with Gasteiger partial charge in [-0.2, -0.15) is 0 Å². The van der Waals surface area contributed by atoms with Crippen molar-refractivity contribution in [3.8, 4) is 0 Å². The van der Waals surface area contributed by atoms with E-state index in [1.54, 1.807) is 4.90 Å². The Kier molecular flexibility index (Phi) is 3.63. The van der Waals surface area contributed by atoms with Gasteiger partial charge in [0.15, 0.2) is 0 Å². The first-order valence-corrected chi connectivity index (χ1v) is 6.03.